The van der Waals surface area contributed by atoms with Crippen LogP contribution in [0.1, 0.15) is 6.42 Å². The van der Waals surface area contributed by atoms with E-state index in [4.69, 9.17) is 0 Å². The van der Waals surface area contributed by atoms with Crippen LogP contribution in [0.4, 0.5) is 0 Å². The van der Waals surface area contributed by atoms with E-state index < -0.39 is 0 Å². The van der Waals surface area contributed by atoms with Gasteiger partial charge >= 0.3 is 0 Å². The highest BCUT2D eigenvalue weighted by Gasteiger charge is 2.08. The van der Waals surface area contributed by atoms with Crippen molar-refractivity contribution < 1.29 is 0 Å². The normalized spacial score (nSPS) is 26.2. The summed E-state index contributed by atoms with van der Waals surface area (Å²) in [7, 11) is 4.10. The largest absolute Gasteiger partial charge is 0.242 e. The molecule has 3 nitrogen and oxygen atoms in total. The van der Waals surface area contributed by atoms with Crippen molar-refractivity contribution in [2.24, 2.45) is 0 Å². The summed E-state index contributed by atoms with van der Waals surface area (Å²) in [6.45, 7) is 2.28. The molecule has 1 N–H and O–H groups in total. The summed E-state index contributed by atoms with van der Waals surface area (Å²) in [5, 5.41) is 4.17. The predicted octanol–water partition coefficient (Wildman–Crippen LogP) is -0.327. The van der Waals surface area contributed by atoms with E-state index in [9.17, 15) is 0 Å². The Hall–Kier alpha value is -0.120. The minimum absolute atomic E-state index is 1.11. The van der Waals surface area contributed by atoms with E-state index in [-0.39, 0.29) is 0 Å². The molecule has 8 heavy (non-hydrogen) atoms. The lowest BCUT2D eigenvalue weighted by Gasteiger charge is -2.32. The van der Waals surface area contributed by atoms with Crippen LogP contribution in [0.2, 0.25) is 0 Å². The first-order chi connectivity index (χ1) is 3.80. The molecule has 0 aromatic carbocycles. The molecule has 0 radical (unpaired) electrons. The summed E-state index contributed by atoms with van der Waals surface area (Å²) in [6.07, 6.45) is 1.25. The van der Waals surface area contributed by atoms with E-state index in [0.717, 1.165) is 6.54 Å². The first-order valence-corrected chi connectivity index (χ1v) is 2.99. The zero-order valence-corrected chi connectivity index (χ0v) is 5.52. The Morgan fingerprint density at radius 2 is 2.12 bits per heavy atom. The molecule has 0 amide bonds. The van der Waals surface area contributed by atoms with Crippen molar-refractivity contribution in [1.82, 2.24) is 15.6 Å². The molecule has 0 aromatic heterocycles. The summed E-state index contributed by atoms with van der Waals surface area (Å²) in [5.74, 6) is 0. The Labute approximate surface area is 50.2 Å². The van der Waals surface area contributed by atoms with Crippen molar-refractivity contribution in [3.05, 3.63) is 0 Å². The number of hydrogen-bond acceptors (Lipinski definition) is 3. The van der Waals surface area contributed by atoms with Gasteiger partial charge in [-0.25, -0.2) is 10.4 Å². The third-order valence-corrected chi connectivity index (χ3v) is 1.51. The molecular weight excluding hydrogens is 102 g/mol. The predicted molar refractivity (Wildman–Crippen MR) is 33.0 cm³/mol. The lowest BCUT2D eigenvalue weighted by Crippen LogP contribution is -2.51. The Kier molecular flexibility index (Phi) is 1.83. The van der Waals surface area contributed by atoms with Crippen molar-refractivity contribution in [3.8, 4) is 0 Å². The smallest absolute Gasteiger partial charge is 0.0176 e. The summed E-state index contributed by atoms with van der Waals surface area (Å²) in [6, 6.07) is 0. The van der Waals surface area contributed by atoms with E-state index >= 15 is 0 Å². The molecule has 3 heteroatoms. The van der Waals surface area contributed by atoms with Crippen LogP contribution in [-0.4, -0.2) is 37.3 Å². The molecule has 0 saturated carbocycles. The SMILES string of the molecule is CN1CCCNN1C. The summed E-state index contributed by atoms with van der Waals surface area (Å²) >= 11 is 0. The van der Waals surface area contributed by atoms with Crippen LogP contribution in [0.15, 0.2) is 0 Å². The first-order valence-electron chi connectivity index (χ1n) is 2.99. The maximum absolute atomic E-state index is 3.19. The highest BCUT2D eigenvalue weighted by atomic mass is 15.8. The van der Waals surface area contributed by atoms with Crippen LogP contribution < -0.4 is 5.43 Å². The molecule has 0 spiro atoms. The van der Waals surface area contributed by atoms with Crippen LogP contribution in [-0.2, 0) is 0 Å². The van der Waals surface area contributed by atoms with E-state index in [1.807, 2.05) is 12.2 Å². The molecule has 1 fully saturated rings. The van der Waals surface area contributed by atoms with E-state index in [1.54, 1.807) is 0 Å². The van der Waals surface area contributed by atoms with Gasteiger partial charge in [0, 0.05) is 27.2 Å². The molecule has 1 saturated heterocycles. The number of hydrazine groups is 2. The van der Waals surface area contributed by atoms with Gasteiger partial charge in [-0.1, -0.05) is 0 Å². The quantitative estimate of drug-likeness (QED) is 0.466. The highest BCUT2D eigenvalue weighted by molar-refractivity contribution is 4.53. The minimum atomic E-state index is 1.11. The molecule has 1 aliphatic heterocycles. The van der Waals surface area contributed by atoms with Gasteiger partial charge in [-0.2, -0.15) is 5.12 Å². The van der Waals surface area contributed by atoms with Crippen LogP contribution in [0.3, 0.4) is 0 Å². The Morgan fingerprint density at radius 1 is 1.38 bits per heavy atom. The van der Waals surface area contributed by atoms with Crippen LogP contribution in [0.5, 0.6) is 0 Å². The Balaban J connectivity index is 2.28. The molecule has 0 bridgehead atoms. The zero-order valence-electron chi connectivity index (χ0n) is 5.52. The molecule has 0 unspecified atom stereocenters. The van der Waals surface area contributed by atoms with Crippen molar-refractivity contribution >= 4 is 0 Å². The lowest BCUT2D eigenvalue weighted by molar-refractivity contribution is -0.0494. The van der Waals surface area contributed by atoms with Crippen molar-refractivity contribution in [2.45, 2.75) is 6.42 Å². The fourth-order valence-corrected chi connectivity index (χ4v) is 0.819. The average molecular weight is 115 g/mol. The monoisotopic (exact) mass is 115 g/mol. The van der Waals surface area contributed by atoms with E-state index in [1.165, 1.54) is 13.0 Å². The van der Waals surface area contributed by atoms with E-state index in [2.05, 4.69) is 17.5 Å². The number of hydrogen-bond donors (Lipinski definition) is 1. The van der Waals surface area contributed by atoms with Crippen molar-refractivity contribution in [3.63, 3.8) is 0 Å². The third-order valence-electron chi connectivity index (χ3n) is 1.51. The van der Waals surface area contributed by atoms with Crippen molar-refractivity contribution in [1.29, 1.82) is 0 Å². The van der Waals surface area contributed by atoms with Crippen LogP contribution in [0.25, 0.3) is 0 Å². The molecule has 1 aliphatic rings. The topological polar surface area (TPSA) is 18.5 Å². The fraction of sp³-hybridized carbons (Fsp3) is 1.00. The fourth-order valence-electron chi connectivity index (χ4n) is 0.819. The molecular formula is C5H13N3. The van der Waals surface area contributed by atoms with Gasteiger partial charge in [-0.05, 0) is 6.42 Å². The van der Waals surface area contributed by atoms with Gasteiger partial charge in [0.05, 0.1) is 0 Å². The molecule has 0 aliphatic carbocycles. The van der Waals surface area contributed by atoms with Gasteiger partial charge in [-0.3, -0.25) is 0 Å². The zero-order chi connectivity index (χ0) is 5.98. The Bertz CT molecular complexity index is 64.1. The molecule has 1 heterocycles. The first kappa shape index (κ1) is 6.01. The summed E-state index contributed by atoms with van der Waals surface area (Å²) in [4.78, 5) is 0. The second-order valence-corrected chi connectivity index (χ2v) is 2.17. The second kappa shape index (κ2) is 2.44. The van der Waals surface area contributed by atoms with Gasteiger partial charge in [0.15, 0.2) is 0 Å². The van der Waals surface area contributed by atoms with Gasteiger partial charge in [0.25, 0.3) is 0 Å². The molecule has 48 valence electrons. The Morgan fingerprint density at radius 3 is 2.50 bits per heavy atom. The maximum atomic E-state index is 3.19. The summed E-state index contributed by atoms with van der Waals surface area (Å²) < 4.78 is 0. The van der Waals surface area contributed by atoms with Gasteiger partial charge in [-0.15, -0.1) is 0 Å². The number of rotatable bonds is 0. The molecule has 0 atom stereocenters. The lowest BCUT2D eigenvalue weighted by atomic mass is 10.4. The highest BCUT2D eigenvalue weighted by Crippen LogP contribution is 1.94. The second-order valence-electron chi connectivity index (χ2n) is 2.17. The number of nitrogens with zero attached hydrogens (tertiary/aromatic N) is 2. The van der Waals surface area contributed by atoms with Gasteiger partial charge < -0.3 is 0 Å². The van der Waals surface area contributed by atoms with Gasteiger partial charge in [0.1, 0.15) is 0 Å². The maximum Gasteiger partial charge on any atom is 0.0176 e. The van der Waals surface area contributed by atoms with Crippen molar-refractivity contribution in [2.75, 3.05) is 27.2 Å². The van der Waals surface area contributed by atoms with E-state index in [0.29, 0.717) is 0 Å². The van der Waals surface area contributed by atoms with Crippen LogP contribution >= 0.6 is 0 Å². The summed E-state index contributed by atoms with van der Waals surface area (Å²) in [5.41, 5.74) is 3.19. The number of nitrogens with one attached hydrogen (secondary N) is 1. The van der Waals surface area contributed by atoms with Gasteiger partial charge in [0.2, 0.25) is 0 Å². The minimum Gasteiger partial charge on any atom is -0.242 e. The average Bonchev–Trinajstić information content (AvgIpc) is 1.77. The molecule has 1 rings (SSSR count). The standard InChI is InChI=1S/C5H13N3/c1-7-5-3-4-6-8(7)2/h6H,3-5H2,1-2H3. The molecule has 0 aromatic rings. The third kappa shape index (κ3) is 1.18. The van der Waals surface area contributed by atoms with Crippen LogP contribution in [0, 0.1) is 0 Å².